The third-order valence-electron chi connectivity index (χ3n) is 4.44. The van der Waals surface area contributed by atoms with Crippen LogP contribution in [0.3, 0.4) is 0 Å². The summed E-state index contributed by atoms with van der Waals surface area (Å²) in [7, 11) is -2.14. The summed E-state index contributed by atoms with van der Waals surface area (Å²) in [4.78, 5) is 0.228. The third kappa shape index (κ3) is 2.65. The van der Waals surface area contributed by atoms with E-state index in [-0.39, 0.29) is 11.4 Å². The number of fused-ring (bicyclic) bond motifs is 1. The van der Waals surface area contributed by atoms with Gasteiger partial charge in [0.2, 0.25) is 0 Å². The molecule has 1 N–H and O–H groups in total. The number of anilines is 1. The molecule has 1 aliphatic rings. The molecule has 0 aromatic heterocycles. The molecule has 0 bridgehead atoms. The summed E-state index contributed by atoms with van der Waals surface area (Å²) in [5.74, 6) is 0.652. The molecule has 0 saturated carbocycles. The normalized spacial score (nSPS) is 17.5. The van der Waals surface area contributed by atoms with Crippen LogP contribution >= 0.6 is 0 Å². The molecule has 128 valence electrons. The predicted octanol–water partition coefficient (Wildman–Crippen LogP) is 2.94. The number of aliphatic hydroxyl groups excluding tert-OH is 1. The van der Waals surface area contributed by atoms with E-state index in [1.54, 1.807) is 31.4 Å². The lowest BCUT2D eigenvalue weighted by Gasteiger charge is -2.34. The number of hydrogen-bond donors (Lipinski definition) is 1. The van der Waals surface area contributed by atoms with Crippen molar-refractivity contribution in [1.82, 2.24) is 0 Å². The average Bonchev–Trinajstić information content (AvgIpc) is 2.55. The summed E-state index contributed by atoms with van der Waals surface area (Å²) < 4.78 is 32.9. The highest BCUT2D eigenvalue weighted by Gasteiger charge is 2.33. The first-order valence-electron chi connectivity index (χ1n) is 7.81. The molecule has 5 nitrogen and oxygen atoms in total. The van der Waals surface area contributed by atoms with Crippen LogP contribution in [0.1, 0.15) is 29.2 Å². The Balaban J connectivity index is 2.12. The summed E-state index contributed by atoms with van der Waals surface area (Å²) in [6.07, 6.45) is -0.255. The molecule has 0 spiro atoms. The molecule has 1 aliphatic heterocycles. The van der Waals surface area contributed by atoms with Gasteiger partial charge < -0.3 is 9.84 Å². The number of benzene rings is 2. The Morgan fingerprint density at radius 1 is 1.17 bits per heavy atom. The minimum Gasteiger partial charge on any atom is -0.496 e. The molecule has 0 radical (unpaired) electrons. The van der Waals surface area contributed by atoms with E-state index in [1.807, 2.05) is 26.0 Å². The number of hydrogen-bond acceptors (Lipinski definition) is 4. The zero-order valence-corrected chi connectivity index (χ0v) is 14.8. The maximum absolute atomic E-state index is 13.2. The smallest absolute Gasteiger partial charge is 0.264 e. The van der Waals surface area contributed by atoms with Crippen molar-refractivity contribution in [2.24, 2.45) is 0 Å². The van der Waals surface area contributed by atoms with Crippen molar-refractivity contribution in [2.75, 3.05) is 18.0 Å². The molecule has 1 atom stereocenters. The minimum atomic E-state index is -3.70. The van der Waals surface area contributed by atoms with Gasteiger partial charge in [-0.25, -0.2) is 8.42 Å². The zero-order valence-electron chi connectivity index (χ0n) is 14.0. The molecule has 0 aliphatic carbocycles. The highest BCUT2D eigenvalue weighted by atomic mass is 32.2. The van der Waals surface area contributed by atoms with E-state index in [9.17, 15) is 13.5 Å². The lowest BCUT2D eigenvalue weighted by Crippen LogP contribution is -2.37. The van der Waals surface area contributed by atoms with E-state index >= 15 is 0 Å². The quantitative estimate of drug-likeness (QED) is 0.927. The molecule has 6 heteroatoms. The average molecular weight is 347 g/mol. The van der Waals surface area contributed by atoms with Gasteiger partial charge in [0.05, 0.1) is 23.8 Å². The van der Waals surface area contributed by atoms with Crippen molar-refractivity contribution in [3.63, 3.8) is 0 Å². The number of aliphatic hydroxyl groups is 1. The number of rotatable bonds is 3. The third-order valence-corrected chi connectivity index (χ3v) is 6.23. The van der Waals surface area contributed by atoms with Crippen LogP contribution in [0.2, 0.25) is 0 Å². The first kappa shape index (κ1) is 16.8. The van der Waals surface area contributed by atoms with Crippen LogP contribution in [0.5, 0.6) is 5.75 Å². The summed E-state index contributed by atoms with van der Waals surface area (Å²) in [6.45, 7) is 3.93. The van der Waals surface area contributed by atoms with Gasteiger partial charge in [-0.15, -0.1) is 0 Å². The van der Waals surface area contributed by atoms with Crippen LogP contribution in [0.15, 0.2) is 41.3 Å². The fraction of sp³-hybridized carbons (Fsp3) is 0.333. The van der Waals surface area contributed by atoms with Crippen molar-refractivity contribution in [1.29, 1.82) is 0 Å². The molecule has 1 unspecified atom stereocenters. The molecule has 1 heterocycles. The predicted molar refractivity (Wildman–Crippen MR) is 93.0 cm³/mol. The van der Waals surface area contributed by atoms with Gasteiger partial charge in [0.1, 0.15) is 5.75 Å². The SMILES string of the molecule is COc1ccc(S(=O)(=O)N2CCC(O)c3cccc(C)c32)cc1C. The molecule has 2 aromatic rings. The summed E-state index contributed by atoms with van der Waals surface area (Å²) in [5.41, 5.74) is 2.85. The van der Waals surface area contributed by atoms with E-state index in [4.69, 9.17) is 4.74 Å². The highest BCUT2D eigenvalue weighted by Crippen LogP contribution is 2.39. The van der Waals surface area contributed by atoms with Gasteiger partial charge in [0, 0.05) is 12.1 Å². The number of nitrogens with zero attached hydrogens (tertiary/aromatic N) is 1. The van der Waals surface area contributed by atoms with Gasteiger partial charge in [-0.2, -0.15) is 0 Å². The van der Waals surface area contributed by atoms with Crippen molar-refractivity contribution in [3.05, 3.63) is 53.1 Å². The van der Waals surface area contributed by atoms with Crippen LogP contribution < -0.4 is 9.04 Å². The van der Waals surface area contributed by atoms with E-state index in [1.165, 1.54) is 4.31 Å². The minimum absolute atomic E-state index is 0.228. The fourth-order valence-electron chi connectivity index (χ4n) is 3.18. The highest BCUT2D eigenvalue weighted by molar-refractivity contribution is 7.92. The number of methoxy groups -OCH3 is 1. The Bertz CT molecular complexity index is 877. The van der Waals surface area contributed by atoms with E-state index < -0.39 is 16.1 Å². The number of sulfonamides is 1. The fourth-order valence-corrected chi connectivity index (χ4v) is 4.83. The van der Waals surface area contributed by atoms with Crippen LogP contribution in [0, 0.1) is 13.8 Å². The van der Waals surface area contributed by atoms with E-state index in [0.29, 0.717) is 23.4 Å². The molecule has 2 aromatic carbocycles. The van der Waals surface area contributed by atoms with E-state index in [2.05, 4.69) is 0 Å². The lowest BCUT2D eigenvalue weighted by molar-refractivity contribution is 0.166. The Labute approximate surface area is 142 Å². The van der Waals surface area contributed by atoms with Gasteiger partial charge in [0.15, 0.2) is 0 Å². The summed E-state index contributed by atoms with van der Waals surface area (Å²) in [5, 5.41) is 10.2. The van der Waals surface area contributed by atoms with Crippen LogP contribution in [-0.2, 0) is 10.0 Å². The second kappa shape index (κ2) is 6.11. The van der Waals surface area contributed by atoms with Crippen molar-refractivity contribution in [3.8, 4) is 5.75 Å². The monoisotopic (exact) mass is 347 g/mol. The number of para-hydroxylation sites is 1. The second-order valence-corrected chi connectivity index (χ2v) is 7.89. The molecule has 24 heavy (non-hydrogen) atoms. The molecular weight excluding hydrogens is 326 g/mol. The molecule has 0 amide bonds. The maximum atomic E-state index is 13.2. The van der Waals surface area contributed by atoms with Crippen molar-refractivity contribution >= 4 is 15.7 Å². The largest absolute Gasteiger partial charge is 0.496 e. The van der Waals surface area contributed by atoms with Crippen LogP contribution in [0.4, 0.5) is 5.69 Å². The standard InChI is InChI=1S/C18H21NO4S/c1-12-5-4-6-15-16(20)9-10-19(18(12)15)24(21,22)14-7-8-17(23-3)13(2)11-14/h4-8,11,16,20H,9-10H2,1-3H3. The molecule has 0 fully saturated rings. The Hall–Kier alpha value is -2.05. The van der Waals surface area contributed by atoms with Crippen LogP contribution in [-0.4, -0.2) is 27.2 Å². The number of aryl methyl sites for hydroxylation is 2. The lowest BCUT2D eigenvalue weighted by atomic mass is 9.98. The number of ether oxygens (including phenoxy) is 1. The van der Waals surface area contributed by atoms with Gasteiger partial charge >= 0.3 is 0 Å². The first-order chi connectivity index (χ1) is 11.4. The van der Waals surface area contributed by atoms with Gasteiger partial charge in [0.25, 0.3) is 10.0 Å². The second-order valence-electron chi connectivity index (χ2n) is 6.03. The Kier molecular flexibility index (Phi) is 4.27. The maximum Gasteiger partial charge on any atom is 0.264 e. The molecular formula is C18H21NO4S. The molecule has 3 rings (SSSR count). The topological polar surface area (TPSA) is 66.8 Å². The van der Waals surface area contributed by atoms with Crippen LogP contribution in [0.25, 0.3) is 0 Å². The zero-order chi connectivity index (χ0) is 17.5. The van der Waals surface area contributed by atoms with Gasteiger partial charge in [-0.05, 0) is 49.6 Å². The Morgan fingerprint density at radius 3 is 2.58 bits per heavy atom. The van der Waals surface area contributed by atoms with Crippen molar-refractivity contribution in [2.45, 2.75) is 31.3 Å². The van der Waals surface area contributed by atoms with E-state index in [0.717, 1.165) is 11.1 Å². The first-order valence-corrected chi connectivity index (χ1v) is 9.25. The molecule has 0 saturated heterocycles. The van der Waals surface area contributed by atoms with Gasteiger partial charge in [-0.1, -0.05) is 18.2 Å². The Morgan fingerprint density at radius 2 is 1.92 bits per heavy atom. The summed E-state index contributed by atoms with van der Waals surface area (Å²) >= 11 is 0. The summed E-state index contributed by atoms with van der Waals surface area (Å²) in [6, 6.07) is 10.3. The van der Waals surface area contributed by atoms with Gasteiger partial charge in [-0.3, -0.25) is 4.31 Å². The van der Waals surface area contributed by atoms with Crippen molar-refractivity contribution < 1.29 is 18.3 Å².